The highest BCUT2D eigenvalue weighted by atomic mass is 16.5. The van der Waals surface area contributed by atoms with Gasteiger partial charge in [-0.25, -0.2) is 10.0 Å². The van der Waals surface area contributed by atoms with Gasteiger partial charge in [-0.3, -0.25) is 19.2 Å². The number of ether oxygens (including phenoxy) is 4. The van der Waals surface area contributed by atoms with Gasteiger partial charge in [0, 0.05) is 0 Å². The third-order valence-electron chi connectivity index (χ3n) is 7.44. The van der Waals surface area contributed by atoms with Crippen molar-refractivity contribution in [1.82, 2.24) is 10.0 Å². The maximum absolute atomic E-state index is 13.4. The molecule has 2 aromatic carbocycles. The van der Waals surface area contributed by atoms with E-state index in [0.717, 1.165) is 11.1 Å². The minimum absolute atomic E-state index is 0.652. The normalized spacial score (nSPS) is 26.9. The molecular formula is C28H32N2O8. The fraction of sp³-hybridized carbons (Fsp3) is 0.429. The number of carbonyl (C=O) groups is 4. The van der Waals surface area contributed by atoms with Gasteiger partial charge in [-0.2, -0.15) is 0 Å². The van der Waals surface area contributed by atoms with Crippen molar-refractivity contribution in [2.24, 2.45) is 11.8 Å². The summed E-state index contributed by atoms with van der Waals surface area (Å²) in [6.45, 7) is 3.85. The SMILES string of the molecule is COC(=O)[C@@H]1[C@H](C(=O)OC)N2[C@H](c3ccc(C)cc3)[C@H](C(=O)OC)[C@H](C(=O)OC)N2[C@H]1c1ccc(C)cc1. The average Bonchev–Trinajstić information content (AvgIpc) is 3.45. The Morgan fingerprint density at radius 1 is 0.526 bits per heavy atom. The van der Waals surface area contributed by atoms with Crippen LogP contribution >= 0.6 is 0 Å². The van der Waals surface area contributed by atoms with Crippen LogP contribution in [0.3, 0.4) is 0 Å². The second-order valence-electron chi connectivity index (χ2n) is 9.50. The van der Waals surface area contributed by atoms with Crippen LogP contribution in [-0.2, 0) is 38.1 Å². The van der Waals surface area contributed by atoms with Crippen LogP contribution in [0.1, 0.15) is 34.3 Å². The lowest BCUT2D eigenvalue weighted by Gasteiger charge is -2.32. The predicted molar refractivity (Wildman–Crippen MR) is 134 cm³/mol. The van der Waals surface area contributed by atoms with Crippen molar-refractivity contribution in [3.05, 3.63) is 70.8 Å². The van der Waals surface area contributed by atoms with Gasteiger partial charge in [-0.1, -0.05) is 59.7 Å². The largest absolute Gasteiger partial charge is 0.469 e. The van der Waals surface area contributed by atoms with Gasteiger partial charge in [-0.15, -0.1) is 0 Å². The quantitative estimate of drug-likeness (QED) is 0.412. The van der Waals surface area contributed by atoms with Crippen molar-refractivity contribution >= 4 is 23.9 Å². The van der Waals surface area contributed by atoms with Gasteiger partial charge < -0.3 is 18.9 Å². The van der Waals surface area contributed by atoms with Gasteiger partial charge in [0.25, 0.3) is 0 Å². The van der Waals surface area contributed by atoms with Gasteiger partial charge in [-0.05, 0) is 25.0 Å². The van der Waals surface area contributed by atoms with Gasteiger partial charge in [0.2, 0.25) is 0 Å². The molecule has 2 aromatic rings. The summed E-state index contributed by atoms with van der Waals surface area (Å²) in [5.74, 6) is -4.86. The smallest absolute Gasteiger partial charge is 0.325 e. The molecule has 0 N–H and O–H groups in total. The summed E-state index contributed by atoms with van der Waals surface area (Å²) in [5.41, 5.74) is 3.28. The molecule has 10 heteroatoms. The topological polar surface area (TPSA) is 112 Å². The molecule has 2 aliphatic rings. The Morgan fingerprint density at radius 3 is 1.08 bits per heavy atom. The van der Waals surface area contributed by atoms with Gasteiger partial charge in [0.15, 0.2) is 0 Å². The van der Waals surface area contributed by atoms with E-state index in [1.807, 2.05) is 62.4 Å². The van der Waals surface area contributed by atoms with Gasteiger partial charge >= 0.3 is 23.9 Å². The molecule has 38 heavy (non-hydrogen) atoms. The molecule has 2 saturated heterocycles. The zero-order chi connectivity index (χ0) is 27.7. The zero-order valence-electron chi connectivity index (χ0n) is 22.2. The average molecular weight is 525 g/mol. The van der Waals surface area contributed by atoms with Crippen molar-refractivity contribution in [2.45, 2.75) is 38.0 Å². The Morgan fingerprint density at radius 2 is 0.816 bits per heavy atom. The number of nitrogens with zero attached hydrogens (tertiary/aromatic N) is 2. The molecule has 0 aromatic heterocycles. The van der Waals surface area contributed by atoms with E-state index in [9.17, 15) is 19.2 Å². The van der Waals surface area contributed by atoms with Crippen LogP contribution in [0.2, 0.25) is 0 Å². The van der Waals surface area contributed by atoms with Crippen molar-refractivity contribution in [3.63, 3.8) is 0 Å². The Balaban J connectivity index is 2.04. The van der Waals surface area contributed by atoms with E-state index in [1.165, 1.54) is 28.4 Å². The molecule has 0 bridgehead atoms. The first-order valence-electron chi connectivity index (χ1n) is 12.2. The predicted octanol–water partition coefficient (Wildman–Crippen LogP) is 2.29. The van der Waals surface area contributed by atoms with Crippen LogP contribution in [0, 0.1) is 25.7 Å². The zero-order valence-corrected chi connectivity index (χ0v) is 22.2. The van der Waals surface area contributed by atoms with E-state index in [-0.39, 0.29) is 0 Å². The third kappa shape index (κ3) is 4.43. The Hall–Kier alpha value is -3.76. The van der Waals surface area contributed by atoms with Crippen LogP contribution in [0.4, 0.5) is 0 Å². The van der Waals surface area contributed by atoms with E-state index in [0.29, 0.717) is 11.1 Å². The fourth-order valence-electron chi connectivity index (χ4n) is 5.71. The van der Waals surface area contributed by atoms with Crippen LogP contribution in [0.5, 0.6) is 0 Å². The maximum Gasteiger partial charge on any atom is 0.325 e. The highest BCUT2D eigenvalue weighted by Gasteiger charge is 2.68. The first-order valence-corrected chi connectivity index (χ1v) is 12.2. The maximum atomic E-state index is 13.4. The van der Waals surface area contributed by atoms with E-state index in [4.69, 9.17) is 18.9 Å². The molecule has 6 atom stereocenters. The highest BCUT2D eigenvalue weighted by molar-refractivity contribution is 5.90. The second-order valence-corrected chi connectivity index (χ2v) is 9.50. The summed E-state index contributed by atoms with van der Waals surface area (Å²) in [4.78, 5) is 53.5. The van der Waals surface area contributed by atoms with Crippen molar-refractivity contribution in [1.29, 1.82) is 0 Å². The summed E-state index contributed by atoms with van der Waals surface area (Å²) in [6, 6.07) is 10.7. The molecule has 10 nitrogen and oxygen atoms in total. The third-order valence-corrected chi connectivity index (χ3v) is 7.44. The highest BCUT2D eigenvalue weighted by Crippen LogP contribution is 2.55. The number of hydrogen-bond acceptors (Lipinski definition) is 10. The molecule has 0 unspecified atom stereocenters. The number of aryl methyl sites for hydroxylation is 2. The lowest BCUT2D eigenvalue weighted by Crippen LogP contribution is -2.47. The molecule has 202 valence electrons. The molecule has 2 heterocycles. The van der Waals surface area contributed by atoms with Crippen molar-refractivity contribution in [2.75, 3.05) is 28.4 Å². The van der Waals surface area contributed by atoms with Crippen LogP contribution in [-0.4, -0.2) is 74.4 Å². The lowest BCUT2D eigenvalue weighted by atomic mass is 9.82. The van der Waals surface area contributed by atoms with Gasteiger partial charge in [0.1, 0.15) is 23.9 Å². The Labute approximate surface area is 221 Å². The molecule has 2 fully saturated rings. The molecule has 0 radical (unpaired) electrons. The number of esters is 4. The molecule has 2 aliphatic heterocycles. The summed E-state index contributed by atoms with van der Waals surface area (Å²) in [6.07, 6.45) is 0. The summed E-state index contributed by atoms with van der Waals surface area (Å²) < 4.78 is 20.7. The summed E-state index contributed by atoms with van der Waals surface area (Å²) in [7, 11) is 4.95. The van der Waals surface area contributed by atoms with E-state index in [2.05, 4.69) is 0 Å². The molecule has 0 spiro atoms. The van der Waals surface area contributed by atoms with Crippen LogP contribution < -0.4 is 0 Å². The van der Waals surface area contributed by atoms with E-state index >= 15 is 0 Å². The molecular weight excluding hydrogens is 492 g/mol. The van der Waals surface area contributed by atoms with Crippen LogP contribution in [0.15, 0.2) is 48.5 Å². The van der Waals surface area contributed by atoms with Gasteiger partial charge in [0.05, 0.1) is 40.5 Å². The fourth-order valence-corrected chi connectivity index (χ4v) is 5.71. The molecule has 4 rings (SSSR count). The number of methoxy groups -OCH3 is 4. The second kappa shape index (κ2) is 10.9. The first-order chi connectivity index (χ1) is 18.2. The number of hydrogen-bond donors (Lipinski definition) is 0. The number of carbonyl (C=O) groups excluding carboxylic acids is 4. The monoisotopic (exact) mass is 524 g/mol. The molecule has 0 saturated carbocycles. The molecule has 0 amide bonds. The van der Waals surface area contributed by atoms with E-state index in [1.54, 1.807) is 10.0 Å². The number of rotatable bonds is 6. The van der Waals surface area contributed by atoms with Crippen molar-refractivity contribution < 1.29 is 38.1 Å². The summed E-state index contributed by atoms with van der Waals surface area (Å²) in [5, 5.41) is 3.23. The number of benzene rings is 2. The first kappa shape index (κ1) is 27.3. The van der Waals surface area contributed by atoms with Crippen molar-refractivity contribution in [3.8, 4) is 0 Å². The number of fused-ring (bicyclic) bond motifs is 1. The minimum Gasteiger partial charge on any atom is -0.469 e. The molecule has 0 aliphatic carbocycles. The van der Waals surface area contributed by atoms with Crippen LogP contribution in [0.25, 0.3) is 0 Å². The standard InChI is InChI=1S/C28H32N2O8/c1-15-7-11-17(12-8-15)21-19(25(31)35-3)23(27(33)37-5)30-22(18-13-9-16(2)10-14-18)20(26(32)36-4)24(29(21)30)28(34)38-6/h7-14,19-24H,1-6H3/t19-,20-,21-,22+,23+,24+/m0/s1. The minimum atomic E-state index is -1.20. The summed E-state index contributed by atoms with van der Waals surface area (Å²) >= 11 is 0. The van der Waals surface area contributed by atoms with E-state index < -0.39 is 59.9 Å². The number of hydrazine groups is 1. The Kier molecular flexibility index (Phi) is 7.84. The lowest BCUT2D eigenvalue weighted by molar-refractivity contribution is -0.160. The Bertz CT molecular complexity index is 1120.